The Bertz CT molecular complexity index is 884. The lowest BCUT2D eigenvalue weighted by Crippen LogP contribution is -2.45. The molecule has 0 spiro atoms. The first-order chi connectivity index (χ1) is 13.9. The predicted molar refractivity (Wildman–Crippen MR) is 97.9 cm³/mol. The molecule has 0 unspecified atom stereocenters. The van der Waals surface area contributed by atoms with E-state index < -0.39 is 30.1 Å². The van der Waals surface area contributed by atoms with Crippen LogP contribution in [0, 0.1) is 0 Å². The van der Waals surface area contributed by atoms with E-state index in [1.807, 2.05) is 0 Å². The number of hydrogen-bond donors (Lipinski definition) is 3. The fourth-order valence-electron chi connectivity index (χ4n) is 3.67. The summed E-state index contributed by atoms with van der Waals surface area (Å²) < 4.78 is 23.1. The molecule has 2 fully saturated rings. The van der Waals surface area contributed by atoms with E-state index in [2.05, 4.69) is 10.1 Å². The summed E-state index contributed by atoms with van der Waals surface area (Å²) in [5.41, 5.74) is 5.55. The molecule has 2 aliphatic rings. The molecule has 158 valence electrons. The average molecular weight is 408 g/mol. The number of aromatic nitrogens is 3. The van der Waals surface area contributed by atoms with Crippen molar-refractivity contribution in [1.29, 1.82) is 0 Å². The summed E-state index contributed by atoms with van der Waals surface area (Å²) in [5, 5.41) is 25.3. The van der Waals surface area contributed by atoms with Gasteiger partial charge in [0.05, 0.1) is 18.9 Å². The van der Waals surface area contributed by atoms with E-state index in [0.717, 1.165) is 0 Å². The molecule has 0 saturated carbocycles. The Morgan fingerprint density at radius 2 is 2.14 bits per heavy atom. The molecule has 2 aromatic rings. The van der Waals surface area contributed by atoms with Gasteiger partial charge in [0.1, 0.15) is 48.5 Å². The second-order valence-electron chi connectivity index (χ2n) is 7.46. The van der Waals surface area contributed by atoms with Crippen molar-refractivity contribution >= 4 is 17.5 Å². The van der Waals surface area contributed by atoms with Gasteiger partial charge >= 0.3 is 6.16 Å². The smallest absolute Gasteiger partial charge is 0.431 e. The van der Waals surface area contributed by atoms with Gasteiger partial charge in [0.2, 0.25) is 0 Å². The van der Waals surface area contributed by atoms with E-state index in [0.29, 0.717) is 37.3 Å². The number of carbonyl (C=O) groups is 1. The van der Waals surface area contributed by atoms with Crippen LogP contribution in [0.25, 0.3) is 5.52 Å². The molecule has 29 heavy (non-hydrogen) atoms. The molecule has 4 N–H and O–H groups in total. The number of rotatable bonds is 4. The highest BCUT2D eigenvalue weighted by Gasteiger charge is 2.53. The number of anilines is 1. The van der Waals surface area contributed by atoms with Crippen LogP contribution in [0.2, 0.25) is 0 Å². The molecule has 11 heteroatoms. The summed E-state index contributed by atoms with van der Waals surface area (Å²) in [7, 11) is 0. The zero-order chi connectivity index (χ0) is 20.6. The monoisotopic (exact) mass is 408 g/mol. The van der Waals surface area contributed by atoms with E-state index in [9.17, 15) is 15.0 Å². The fourth-order valence-corrected chi connectivity index (χ4v) is 3.67. The van der Waals surface area contributed by atoms with Crippen molar-refractivity contribution in [2.24, 2.45) is 0 Å². The molecule has 0 bridgehead atoms. The molecule has 4 rings (SSSR count). The summed E-state index contributed by atoms with van der Waals surface area (Å²) in [5.74, 6) is 0.279. The molecule has 2 saturated heterocycles. The zero-order valence-electron chi connectivity index (χ0n) is 15.9. The molecular weight excluding hydrogens is 384 g/mol. The lowest BCUT2D eigenvalue weighted by atomic mass is 9.97. The van der Waals surface area contributed by atoms with Crippen LogP contribution >= 0.6 is 0 Å². The van der Waals surface area contributed by atoms with Gasteiger partial charge in [-0.15, -0.1) is 0 Å². The van der Waals surface area contributed by atoms with Gasteiger partial charge in [0.15, 0.2) is 5.82 Å². The van der Waals surface area contributed by atoms with Crippen molar-refractivity contribution in [3.05, 3.63) is 24.2 Å². The van der Waals surface area contributed by atoms with Crippen LogP contribution in [0.5, 0.6) is 0 Å². The van der Waals surface area contributed by atoms with Crippen molar-refractivity contribution in [1.82, 2.24) is 14.6 Å². The molecule has 4 atom stereocenters. The van der Waals surface area contributed by atoms with Crippen LogP contribution in [0.15, 0.2) is 18.5 Å². The van der Waals surface area contributed by atoms with Crippen LogP contribution in [0.4, 0.5) is 10.6 Å². The molecule has 2 aliphatic heterocycles. The molecule has 0 radical (unpaired) electrons. The number of carbonyl (C=O) groups excluding carboxylic acids is 1. The number of hydrogen-bond acceptors (Lipinski definition) is 10. The summed E-state index contributed by atoms with van der Waals surface area (Å²) in [6, 6.07) is 3.39. The number of ether oxygens (including phenoxy) is 4. The SMILES string of the molecule is C[C@]1(COC(=O)OC2CCOCC2)O[C@@H](c2ccc3c(N)ncnn23)[C@H](O)[C@@H]1O. The van der Waals surface area contributed by atoms with Gasteiger partial charge in [-0.3, -0.25) is 0 Å². The minimum Gasteiger partial charge on any atom is -0.431 e. The number of nitrogens with two attached hydrogens (primary N) is 1. The average Bonchev–Trinajstić information content (AvgIpc) is 3.24. The highest BCUT2D eigenvalue weighted by Crippen LogP contribution is 2.40. The van der Waals surface area contributed by atoms with E-state index >= 15 is 0 Å². The van der Waals surface area contributed by atoms with Crippen LogP contribution in [0.3, 0.4) is 0 Å². The topological polar surface area (TPSA) is 151 Å². The minimum atomic E-state index is -1.33. The van der Waals surface area contributed by atoms with E-state index in [1.165, 1.54) is 10.8 Å². The minimum absolute atomic E-state index is 0.256. The van der Waals surface area contributed by atoms with Gasteiger partial charge in [-0.05, 0) is 19.1 Å². The van der Waals surface area contributed by atoms with Crippen molar-refractivity contribution in [3.63, 3.8) is 0 Å². The number of aliphatic hydroxyl groups is 2. The molecule has 4 heterocycles. The number of nitrogens with zero attached hydrogens (tertiary/aromatic N) is 3. The Labute approximate surface area is 166 Å². The summed E-state index contributed by atoms with van der Waals surface area (Å²) in [6.45, 7) is 2.33. The summed E-state index contributed by atoms with van der Waals surface area (Å²) in [4.78, 5) is 15.9. The van der Waals surface area contributed by atoms with Gasteiger partial charge in [-0.2, -0.15) is 5.10 Å². The molecule has 0 aromatic carbocycles. The maximum absolute atomic E-state index is 12.0. The normalized spacial score (nSPS) is 30.5. The Hall–Kier alpha value is -2.47. The highest BCUT2D eigenvalue weighted by atomic mass is 16.7. The van der Waals surface area contributed by atoms with Crippen molar-refractivity contribution in [2.45, 2.75) is 49.8 Å². The Kier molecular flexibility index (Phi) is 5.30. The standard InChI is InChI=1S/C18H24N4O7/c1-18(8-27-17(25)28-10-4-6-26-7-5-10)15(24)13(23)14(29-18)11-2-3-12-16(19)20-9-21-22(11)12/h2-3,9-10,13-15,23-24H,4-8H2,1H3,(H2,19,20,21)/t13-,14-,15-,18+/m0/s1. The maximum Gasteiger partial charge on any atom is 0.508 e. The van der Waals surface area contributed by atoms with Gasteiger partial charge in [-0.25, -0.2) is 14.3 Å². The van der Waals surface area contributed by atoms with E-state index in [1.54, 1.807) is 19.1 Å². The number of aliphatic hydroxyl groups excluding tert-OH is 2. The Morgan fingerprint density at radius 1 is 1.38 bits per heavy atom. The second-order valence-corrected chi connectivity index (χ2v) is 7.46. The van der Waals surface area contributed by atoms with Gasteiger partial charge in [-0.1, -0.05) is 0 Å². The van der Waals surface area contributed by atoms with Gasteiger partial charge in [0, 0.05) is 12.8 Å². The molecule has 0 amide bonds. The van der Waals surface area contributed by atoms with E-state index in [-0.39, 0.29) is 18.5 Å². The summed E-state index contributed by atoms with van der Waals surface area (Å²) in [6.07, 6.45) is -2.05. The fraction of sp³-hybridized carbons (Fsp3) is 0.611. The van der Waals surface area contributed by atoms with Gasteiger partial charge in [0.25, 0.3) is 0 Å². The lowest BCUT2D eigenvalue weighted by Gasteiger charge is -2.27. The largest absolute Gasteiger partial charge is 0.508 e. The third-order valence-corrected chi connectivity index (χ3v) is 5.37. The third kappa shape index (κ3) is 3.73. The van der Waals surface area contributed by atoms with Gasteiger partial charge < -0.3 is 34.9 Å². The van der Waals surface area contributed by atoms with Crippen LogP contribution in [0.1, 0.15) is 31.6 Å². The van der Waals surface area contributed by atoms with Crippen LogP contribution in [-0.2, 0) is 18.9 Å². The van der Waals surface area contributed by atoms with Crippen molar-refractivity contribution < 1.29 is 34.0 Å². The highest BCUT2D eigenvalue weighted by molar-refractivity contribution is 5.65. The van der Waals surface area contributed by atoms with Crippen LogP contribution < -0.4 is 5.73 Å². The molecule has 0 aliphatic carbocycles. The predicted octanol–water partition coefficient (Wildman–Crippen LogP) is 0.195. The van der Waals surface area contributed by atoms with E-state index in [4.69, 9.17) is 24.7 Å². The molecule has 11 nitrogen and oxygen atoms in total. The second kappa shape index (κ2) is 7.75. The third-order valence-electron chi connectivity index (χ3n) is 5.37. The molecule has 2 aromatic heterocycles. The maximum atomic E-state index is 12.0. The van der Waals surface area contributed by atoms with Crippen molar-refractivity contribution in [3.8, 4) is 0 Å². The lowest BCUT2D eigenvalue weighted by molar-refractivity contribution is -0.114. The first-order valence-corrected chi connectivity index (χ1v) is 9.42. The number of fused-ring (bicyclic) bond motifs is 1. The zero-order valence-corrected chi connectivity index (χ0v) is 15.9. The Morgan fingerprint density at radius 3 is 2.90 bits per heavy atom. The first-order valence-electron chi connectivity index (χ1n) is 9.42. The first kappa shape index (κ1) is 19.8. The Balaban J connectivity index is 1.44. The number of nitrogen functional groups attached to an aromatic ring is 1. The van der Waals surface area contributed by atoms with Crippen molar-refractivity contribution in [2.75, 3.05) is 25.6 Å². The van der Waals surface area contributed by atoms with Crippen LogP contribution in [-0.4, -0.2) is 74.7 Å². The quantitative estimate of drug-likeness (QED) is 0.598. The molecular formula is C18H24N4O7. The summed E-state index contributed by atoms with van der Waals surface area (Å²) >= 11 is 0.